The van der Waals surface area contributed by atoms with Crippen LogP contribution in [0.25, 0.3) is 11.0 Å². The molecule has 136 valence electrons. The first-order chi connectivity index (χ1) is 13.2. The highest BCUT2D eigenvalue weighted by molar-refractivity contribution is 5.87. The zero-order valence-corrected chi connectivity index (χ0v) is 15.2. The summed E-state index contributed by atoms with van der Waals surface area (Å²) in [6.45, 7) is 0. The summed E-state index contributed by atoms with van der Waals surface area (Å²) in [6, 6.07) is 24.4. The molecule has 27 heavy (non-hydrogen) atoms. The SMILES string of the molecule is COc1cc(OC)c2cc(C(O)(c3ccccc3)c3ccccc3)oc2c1. The van der Waals surface area contributed by atoms with Gasteiger partial charge in [-0.3, -0.25) is 0 Å². The Morgan fingerprint density at radius 3 is 1.89 bits per heavy atom. The lowest BCUT2D eigenvalue weighted by Crippen LogP contribution is -2.28. The van der Waals surface area contributed by atoms with E-state index in [1.165, 1.54) is 0 Å². The highest BCUT2D eigenvalue weighted by atomic mass is 16.5. The minimum Gasteiger partial charge on any atom is -0.496 e. The summed E-state index contributed by atoms with van der Waals surface area (Å²) in [5, 5.41) is 12.6. The van der Waals surface area contributed by atoms with Gasteiger partial charge in [0.25, 0.3) is 0 Å². The summed E-state index contributed by atoms with van der Waals surface area (Å²) in [4.78, 5) is 0. The number of benzene rings is 3. The molecule has 1 aromatic heterocycles. The second-order valence-corrected chi connectivity index (χ2v) is 6.29. The second kappa shape index (κ2) is 6.82. The molecule has 0 aliphatic carbocycles. The van der Waals surface area contributed by atoms with E-state index < -0.39 is 5.60 Å². The van der Waals surface area contributed by atoms with Crippen molar-refractivity contribution in [2.75, 3.05) is 14.2 Å². The lowest BCUT2D eigenvalue weighted by atomic mass is 9.84. The lowest BCUT2D eigenvalue weighted by molar-refractivity contribution is 0.101. The van der Waals surface area contributed by atoms with E-state index in [1.54, 1.807) is 26.4 Å². The predicted octanol–water partition coefficient (Wildman–Crippen LogP) is 4.73. The van der Waals surface area contributed by atoms with Gasteiger partial charge in [0, 0.05) is 12.1 Å². The third-order valence-corrected chi connectivity index (χ3v) is 4.77. The van der Waals surface area contributed by atoms with Crippen molar-refractivity contribution in [3.05, 3.63) is 95.7 Å². The first-order valence-electron chi connectivity index (χ1n) is 8.66. The lowest BCUT2D eigenvalue weighted by Gasteiger charge is -2.27. The summed E-state index contributed by atoms with van der Waals surface area (Å²) in [6.07, 6.45) is 0. The molecular weight excluding hydrogens is 340 g/mol. The first-order valence-corrected chi connectivity index (χ1v) is 8.66. The number of aliphatic hydroxyl groups is 1. The van der Waals surface area contributed by atoms with E-state index in [-0.39, 0.29) is 0 Å². The van der Waals surface area contributed by atoms with Crippen molar-refractivity contribution in [2.24, 2.45) is 0 Å². The van der Waals surface area contributed by atoms with Crippen LogP contribution >= 0.6 is 0 Å². The van der Waals surface area contributed by atoms with E-state index in [9.17, 15) is 5.11 Å². The molecule has 0 fully saturated rings. The van der Waals surface area contributed by atoms with Crippen molar-refractivity contribution in [2.45, 2.75) is 5.60 Å². The van der Waals surface area contributed by atoms with Gasteiger partial charge in [0.1, 0.15) is 22.8 Å². The zero-order valence-electron chi connectivity index (χ0n) is 15.2. The molecule has 0 saturated carbocycles. The summed E-state index contributed by atoms with van der Waals surface area (Å²) in [5.74, 6) is 1.67. The summed E-state index contributed by atoms with van der Waals surface area (Å²) >= 11 is 0. The Balaban J connectivity index is 1.99. The number of fused-ring (bicyclic) bond motifs is 1. The summed E-state index contributed by atoms with van der Waals surface area (Å²) in [5.41, 5.74) is 0.605. The molecule has 3 aromatic carbocycles. The smallest absolute Gasteiger partial charge is 0.173 e. The van der Waals surface area contributed by atoms with Crippen LogP contribution in [-0.2, 0) is 5.60 Å². The average Bonchev–Trinajstić information content (AvgIpc) is 3.18. The Morgan fingerprint density at radius 1 is 0.778 bits per heavy atom. The number of furan rings is 1. The molecule has 1 N–H and O–H groups in total. The fourth-order valence-electron chi connectivity index (χ4n) is 3.36. The van der Waals surface area contributed by atoms with E-state index in [0.717, 1.165) is 16.5 Å². The molecule has 0 amide bonds. The Bertz CT molecular complexity index is 1010. The normalized spacial score (nSPS) is 11.5. The first kappa shape index (κ1) is 17.2. The molecule has 4 heteroatoms. The van der Waals surface area contributed by atoms with E-state index in [4.69, 9.17) is 13.9 Å². The van der Waals surface area contributed by atoms with E-state index >= 15 is 0 Å². The van der Waals surface area contributed by atoms with Gasteiger partial charge in [-0.2, -0.15) is 0 Å². The van der Waals surface area contributed by atoms with Crippen LogP contribution in [-0.4, -0.2) is 19.3 Å². The molecule has 0 aliphatic rings. The van der Waals surface area contributed by atoms with Gasteiger partial charge in [-0.1, -0.05) is 60.7 Å². The maximum Gasteiger partial charge on any atom is 0.173 e. The van der Waals surface area contributed by atoms with E-state index in [0.29, 0.717) is 22.8 Å². The number of hydrogen-bond acceptors (Lipinski definition) is 4. The van der Waals surface area contributed by atoms with Crippen molar-refractivity contribution in [3.63, 3.8) is 0 Å². The fourth-order valence-corrected chi connectivity index (χ4v) is 3.36. The second-order valence-electron chi connectivity index (χ2n) is 6.29. The largest absolute Gasteiger partial charge is 0.496 e. The highest BCUT2D eigenvalue weighted by Gasteiger charge is 2.37. The van der Waals surface area contributed by atoms with Gasteiger partial charge in [-0.15, -0.1) is 0 Å². The van der Waals surface area contributed by atoms with Gasteiger partial charge in [0.05, 0.1) is 19.6 Å². The molecule has 4 rings (SSSR count). The van der Waals surface area contributed by atoms with Crippen molar-refractivity contribution in [1.82, 2.24) is 0 Å². The Hall–Kier alpha value is -3.24. The van der Waals surface area contributed by atoms with Crippen LogP contribution in [0.15, 0.2) is 83.3 Å². The maximum atomic E-state index is 11.9. The summed E-state index contributed by atoms with van der Waals surface area (Å²) < 4.78 is 16.9. The molecule has 0 bridgehead atoms. The molecule has 4 aromatic rings. The highest BCUT2D eigenvalue weighted by Crippen LogP contribution is 2.42. The van der Waals surface area contributed by atoms with E-state index in [1.807, 2.05) is 66.7 Å². The van der Waals surface area contributed by atoms with Crippen LogP contribution in [0.1, 0.15) is 16.9 Å². The molecule has 0 atom stereocenters. The van der Waals surface area contributed by atoms with Crippen molar-refractivity contribution >= 4 is 11.0 Å². The average molecular weight is 360 g/mol. The molecule has 0 spiro atoms. The van der Waals surface area contributed by atoms with Crippen LogP contribution in [0.5, 0.6) is 11.5 Å². The molecule has 0 unspecified atom stereocenters. The third kappa shape index (κ3) is 2.84. The molecule has 0 saturated heterocycles. The third-order valence-electron chi connectivity index (χ3n) is 4.77. The van der Waals surface area contributed by atoms with Crippen LogP contribution in [0.3, 0.4) is 0 Å². The molecule has 4 nitrogen and oxygen atoms in total. The molecular formula is C23H20O4. The quantitative estimate of drug-likeness (QED) is 0.559. The van der Waals surface area contributed by atoms with Crippen molar-refractivity contribution < 1.29 is 19.0 Å². The van der Waals surface area contributed by atoms with Crippen LogP contribution < -0.4 is 9.47 Å². The topological polar surface area (TPSA) is 51.8 Å². The van der Waals surface area contributed by atoms with Gasteiger partial charge < -0.3 is 19.0 Å². The minimum atomic E-state index is -1.43. The number of methoxy groups -OCH3 is 2. The van der Waals surface area contributed by atoms with Gasteiger partial charge in [0.2, 0.25) is 0 Å². The Kier molecular flexibility index (Phi) is 4.34. The standard InChI is InChI=1S/C23H20O4/c1-25-18-13-20(26-2)19-15-22(27-21(19)14-18)23(24,16-9-5-3-6-10-16)17-11-7-4-8-12-17/h3-15,24H,1-2H3. The fraction of sp³-hybridized carbons (Fsp3) is 0.130. The number of hydrogen-bond donors (Lipinski definition) is 1. The number of rotatable bonds is 5. The molecule has 1 heterocycles. The Labute approximate surface area is 157 Å². The van der Waals surface area contributed by atoms with Gasteiger partial charge in [-0.05, 0) is 17.2 Å². The summed E-state index contributed by atoms with van der Waals surface area (Å²) in [7, 11) is 3.19. The van der Waals surface area contributed by atoms with Crippen LogP contribution in [0.4, 0.5) is 0 Å². The molecule has 0 radical (unpaired) electrons. The van der Waals surface area contributed by atoms with Crippen molar-refractivity contribution in [1.29, 1.82) is 0 Å². The van der Waals surface area contributed by atoms with Crippen LogP contribution in [0.2, 0.25) is 0 Å². The van der Waals surface area contributed by atoms with Crippen molar-refractivity contribution in [3.8, 4) is 11.5 Å². The minimum absolute atomic E-state index is 0.418. The van der Waals surface area contributed by atoms with Gasteiger partial charge >= 0.3 is 0 Å². The van der Waals surface area contributed by atoms with Gasteiger partial charge in [-0.25, -0.2) is 0 Å². The number of ether oxygens (including phenoxy) is 2. The Morgan fingerprint density at radius 2 is 1.37 bits per heavy atom. The van der Waals surface area contributed by atoms with Gasteiger partial charge in [0.15, 0.2) is 5.60 Å². The predicted molar refractivity (Wildman–Crippen MR) is 104 cm³/mol. The van der Waals surface area contributed by atoms with Crippen LogP contribution in [0, 0.1) is 0 Å². The monoisotopic (exact) mass is 360 g/mol. The maximum absolute atomic E-state index is 11.9. The zero-order chi connectivity index (χ0) is 18.9. The molecule has 0 aliphatic heterocycles. The van der Waals surface area contributed by atoms with E-state index in [2.05, 4.69) is 0 Å².